The highest BCUT2D eigenvalue weighted by molar-refractivity contribution is 8.03. The molecule has 3 aromatic carbocycles. The molecule has 3 aromatic rings. The number of aryl methyl sites for hydroxylation is 1. The lowest BCUT2D eigenvalue weighted by atomic mass is 10.0. The van der Waals surface area contributed by atoms with Crippen LogP contribution < -0.4 is 9.64 Å². The minimum absolute atomic E-state index is 0.306. The highest BCUT2D eigenvalue weighted by Crippen LogP contribution is 2.42. The van der Waals surface area contributed by atoms with Gasteiger partial charge in [0.25, 0.3) is 11.8 Å². The standard InChI is InChI=1S/C27H25NO3S/c1-3-17-31-23-12-8-7-11-22(23)28-26(29)24(21-15-13-19(2)14-16-21)25(27(28)30)32-18-20-9-5-4-6-10-20/h4-16H,3,17-18H2,1-2H3. The number of anilines is 1. The van der Waals surface area contributed by atoms with Gasteiger partial charge in [-0.05, 0) is 36.6 Å². The first-order valence-corrected chi connectivity index (χ1v) is 11.7. The van der Waals surface area contributed by atoms with E-state index in [1.807, 2.05) is 80.6 Å². The van der Waals surface area contributed by atoms with E-state index in [9.17, 15) is 9.59 Å². The summed E-state index contributed by atoms with van der Waals surface area (Å²) >= 11 is 1.41. The van der Waals surface area contributed by atoms with Gasteiger partial charge in [-0.1, -0.05) is 79.2 Å². The zero-order chi connectivity index (χ0) is 22.5. The van der Waals surface area contributed by atoms with Crippen LogP contribution in [0.5, 0.6) is 5.75 Å². The fraction of sp³-hybridized carbons (Fsp3) is 0.185. The van der Waals surface area contributed by atoms with Crippen molar-refractivity contribution in [1.82, 2.24) is 0 Å². The first-order chi connectivity index (χ1) is 15.6. The van der Waals surface area contributed by atoms with Crippen LogP contribution in [0.1, 0.15) is 30.0 Å². The Bertz CT molecular complexity index is 1150. The Kier molecular flexibility index (Phi) is 6.76. The number of carbonyl (C=O) groups is 2. The fourth-order valence-electron chi connectivity index (χ4n) is 3.54. The van der Waals surface area contributed by atoms with E-state index in [1.165, 1.54) is 16.7 Å². The monoisotopic (exact) mass is 443 g/mol. The van der Waals surface area contributed by atoms with Crippen molar-refractivity contribution >= 4 is 34.8 Å². The summed E-state index contributed by atoms with van der Waals surface area (Å²) in [5.74, 6) is 0.515. The van der Waals surface area contributed by atoms with Gasteiger partial charge >= 0.3 is 0 Å². The summed E-state index contributed by atoms with van der Waals surface area (Å²) in [5, 5.41) is 0. The molecule has 0 aliphatic carbocycles. The van der Waals surface area contributed by atoms with Gasteiger partial charge in [-0.3, -0.25) is 9.59 Å². The number of para-hydroxylation sites is 2. The summed E-state index contributed by atoms with van der Waals surface area (Å²) in [4.78, 5) is 28.9. The molecule has 0 unspecified atom stereocenters. The Morgan fingerprint density at radius 1 is 0.844 bits per heavy atom. The Morgan fingerprint density at radius 2 is 1.53 bits per heavy atom. The number of hydrogen-bond acceptors (Lipinski definition) is 4. The van der Waals surface area contributed by atoms with Crippen LogP contribution in [0.15, 0.2) is 83.8 Å². The van der Waals surface area contributed by atoms with Gasteiger partial charge in [0.2, 0.25) is 0 Å². The van der Waals surface area contributed by atoms with Crippen LogP contribution in [0.25, 0.3) is 5.57 Å². The van der Waals surface area contributed by atoms with Gasteiger partial charge in [-0.15, -0.1) is 11.8 Å². The molecule has 2 amide bonds. The van der Waals surface area contributed by atoms with Crippen molar-refractivity contribution in [2.45, 2.75) is 26.0 Å². The van der Waals surface area contributed by atoms with Crippen LogP contribution in [-0.2, 0) is 15.3 Å². The van der Waals surface area contributed by atoms with Gasteiger partial charge in [0.15, 0.2) is 0 Å². The Labute approximate surface area is 192 Å². The molecular formula is C27H25NO3S. The molecule has 5 heteroatoms. The minimum atomic E-state index is -0.318. The lowest BCUT2D eigenvalue weighted by Crippen LogP contribution is -2.31. The van der Waals surface area contributed by atoms with Crippen molar-refractivity contribution in [3.8, 4) is 5.75 Å². The van der Waals surface area contributed by atoms with Gasteiger partial charge < -0.3 is 4.74 Å². The van der Waals surface area contributed by atoms with Crippen LogP contribution >= 0.6 is 11.8 Å². The zero-order valence-corrected chi connectivity index (χ0v) is 19.0. The highest BCUT2D eigenvalue weighted by atomic mass is 32.2. The minimum Gasteiger partial charge on any atom is -0.491 e. The van der Waals surface area contributed by atoms with Gasteiger partial charge in [0.05, 0.1) is 22.8 Å². The third-order valence-electron chi connectivity index (χ3n) is 5.18. The van der Waals surface area contributed by atoms with Crippen molar-refractivity contribution < 1.29 is 14.3 Å². The molecule has 1 heterocycles. The predicted molar refractivity (Wildman–Crippen MR) is 131 cm³/mol. The molecule has 0 saturated carbocycles. The first-order valence-electron chi connectivity index (χ1n) is 10.7. The second kappa shape index (κ2) is 9.88. The van der Waals surface area contributed by atoms with Crippen molar-refractivity contribution in [1.29, 1.82) is 0 Å². The van der Waals surface area contributed by atoms with Gasteiger partial charge in [-0.25, -0.2) is 4.90 Å². The van der Waals surface area contributed by atoms with Crippen molar-refractivity contribution in [3.63, 3.8) is 0 Å². The number of thioether (sulfide) groups is 1. The molecule has 0 spiro atoms. The average Bonchev–Trinajstić information content (AvgIpc) is 3.07. The zero-order valence-electron chi connectivity index (χ0n) is 18.2. The van der Waals surface area contributed by atoms with E-state index in [2.05, 4.69) is 0 Å². The Hall–Kier alpha value is -3.31. The third-order valence-corrected chi connectivity index (χ3v) is 6.32. The van der Waals surface area contributed by atoms with Gasteiger partial charge in [0, 0.05) is 5.75 Å². The number of nitrogens with zero attached hydrogens (tertiary/aromatic N) is 1. The molecule has 4 rings (SSSR count). The highest BCUT2D eigenvalue weighted by Gasteiger charge is 2.41. The number of carbonyl (C=O) groups excluding carboxylic acids is 2. The summed E-state index contributed by atoms with van der Waals surface area (Å²) < 4.78 is 5.85. The van der Waals surface area contributed by atoms with E-state index in [-0.39, 0.29) is 11.8 Å². The van der Waals surface area contributed by atoms with Crippen LogP contribution in [0.2, 0.25) is 0 Å². The van der Waals surface area contributed by atoms with Crippen LogP contribution in [0, 0.1) is 6.92 Å². The maximum absolute atomic E-state index is 13.6. The number of imide groups is 1. The second-order valence-corrected chi connectivity index (χ2v) is 8.59. The molecule has 4 nitrogen and oxygen atoms in total. The van der Waals surface area contributed by atoms with Crippen molar-refractivity contribution in [3.05, 3.63) is 100 Å². The van der Waals surface area contributed by atoms with Crippen molar-refractivity contribution in [2.75, 3.05) is 11.5 Å². The predicted octanol–water partition coefficient (Wildman–Crippen LogP) is 6.00. The normalized spacial score (nSPS) is 13.8. The molecule has 1 aliphatic rings. The molecule has 0 atom stereocenters. The number of benzene rings is 3. The molecule has 32 heavy (non-hydrogen) atoms. The van der Waals surface area contributed by atoms with Crippen LogP contribution in [0.4, 0.5) is 5.69 Å². The maximum atomic E-state index is 13.6. The Morgan fingerprint density at radius 3 is 2.25 bits per heavy atom. The average molecular weight is 444 g/mol. The maximum Gasteiger partial charge on any atom is 0.272 e. The number of rotatable bonds is 8. The molecule has 0 fully saturated rings. The molecule has 0 aromatic heterocycles. The number of ether oxygens (including phenoxy) is 1. The lowest BCUT2D eigenvalue weighted by Gasteiger charge is -2.19. The van der Waals surface area contributed by atoms with Gasteiger partial charge in [-0.2, -0.15) is 0 Å². The second-order valence-electron chi connectivity index (χ2n) is 7.61. The number of hydrogen-bond donors (Lipinski definition) is 0. The smallest absolute Gasteiger partial charge is 0.272 e. The van der Waals surface area contributed by atoms with E-state index in [1.54, 1.807) is 12.1 Å². The third kappa shape index (κ3) is 4.48. The topological polar surface area (TPSA) is 46.6 Å². The first kappa shape index (κ1) is 21.9. The van der Waals surface area contributed by atoms with E-state index in [0.717, 1.165) is 23.1 Å². The fourth-order valence-corrected chi connectivity index (χ4v) is 4.61. The molecule has 0 saturated heterocycles. The number of amides is 2. The lowest BCUT2D eigenvalue weighted by molar-refractivity contribution is -0.119. The van der Waals surface area contributed by atoms with Crippen LogP contribution in [0.3, 0.4) is 0 Å². The molecule has 162 valence electrons. The summed E-state index contributed by atoms with van der Waals surface area (Å²) in [6.45, 7) is 4.53. The Balaban J connectivity index is 1.74. The largest absolute Gasteiger partial charge is 0.491 e. The molecule has 0 N–H and O–H groups in total. The summed E-state index contributed by atoms with van der Waals surface area (Å²) in [5.41, 5.74) is 3.87. The molecular weight excluding hydrogens is 418 g/mol. The molecule has 0 radical (unpaired) electrons. The summed E-state index contributed by atoms with van der Waals surface area (Å²) in [6, 6.07) is 24.9. The van der Waals surface area contributed by atoms with E-state index in [4.69, 9.17) is 4.74 Å². The summed E-state index contributed by atoms with van der Waals surface area (Å²) in [6.07, 6.45) is 0.835. The van der Waals surface area contributed by atoms with Crippen molar-refractivity contribution in [2.24, 2.45) is 0 Å². The van der Waals surface area contributed by atoms with E-state index < -0.39 is 0 Å². The van der Waals surface area contributed by atoms with Crippen LogP contribution in [-0.4, -0.2) is 18.4 Å². The summed E-state index contributed by atoms with van der Waals surface area (Å²) in [7, 11) is 0. The SMILES string of the molecule is CCCOc1ccccc1N1C(=O)C(SCc2ccccc2)=C(c2ccc(C)cc2)C1=O. The molecule has 1 aliphatic heterocycles. The molecule has 0 bridgehead atoms. The van der Waals surface area contributed by atoms with E-state index >= 15 is 0 Å². The van der Waals surface area contributed by atoms with E-state index in [0.29, 0.717) is 34.3 Å². The quantitative estimate of drug-likeness (QED) is 0.401. The van der Waals surface area contributed by atoms with Gasteiger partial charge in [0.1, 0.15) is 5.75 Å².